The van der Waals surface area contributed by atoms with E-state index in [4.69, 9.17) is 9.47 Å². The zero-order valence-corrected chi connectivity index (χ0v) is 14.0. The van der Waals surface area contributed by atoms with Crippen LogP contribution in [0.2, 0.25) is 0 Å². The number of nitrogens with zero attached hydrogens (tertiary/aromatic N) is 1. The van der Waals surface area contributed by atoms with E-state index < -0.39 is 0 Å². The normalized spacial score (nSPS) is 23.4. The molecule has 0 aromatic rings. The standard InChI is InChI=1S/C16H34N2O2/c1-13(2)10-17-11-15-6-7-16(20-15)12-18(14(3)4)8-9-19-5/h13-17H,6-12H2,1-5H3. The van der Waals surface area contributed by atoms with Gasteiger partial charge in [0.25, 0.3) is 0 Å². The first kappa shape index (κ1) is 17.9. The highest BCUT2D eigenvalue weighted by atomic mass is 16.5. The third kappa shape index (κ3) is 7.02. The zero-order valence-electron chi connectivity index (χ0n) is 14.0. The maximum Gasteiger partial charge on any atom is 0.0707 e. The van der Waals surface area contributed by atoms with E-state index in [0.717, 1.165) is 32.8 Å². The van der Waals surface area contributed by atoms with Crippen molar-refractivity contribution in [2.45, 2.75) is 58.8 Å². The minimum Gasteiger partial charge on any atom is -0.383 e. The molecule has 20 heavy (non-hydrogen) atoms. The Bertz CT molecular complexity index is 247. The van der Waals surface area contributed by atoms with Crippen molar-refractivity contribution in [1.29, 1.82) is 0 Å². The van der Waals surface area contributed by atoms with Crippen molar-refractivity contribution in [2.24, 2.45) is 5.92 Å². The maximum atomic E-state index is 6.16. The summed E-state index contributed by atoms with van der Waals surface area (Å²) in [5.74, 6) is 0.706. The third-order valence-corrected chi connectivity index (χ3v) is 3.87. The van der Waals surface area contributed by atoms with Crippen molar-refractivity contribution >= 4 is 0 Å². The molecule has 0 bridgehead atoms. The molecule has 1 aliphatic heterocycles. The summed E-state index contributed by atoms with van der Waals surface area (Å²) >= 11 is 0. The van der Waals surface area contributed by atoms with Crippen LogP contribution in [0.1, 0.15) is 40.5 Å². The highest BCUT2D eigenvalue weighted by Crippen LogP contribution is 2.20. The van der Waals surface area contributed by atoms with Crippen molar-refractivity contribution in [3.05, 3.63) is 0 Å². The first-order chi connectivity index (χ1) is 9.52. The molecule has 0 aliphatic carbocycles. The molecule has 0 amide bonds. The molecule has 0 aromatic heterocycles. The van der Waals surface area contributed by atoms with Crippen LogP contribution in [0, 0.1) is 5.92 Å². The Kier molecular flexibility index (Phi) is 8.69. The van der Waals surface area contributed by atoms with Gasteiger partial charge in [0.05, 0.1) is 18.8 Å². The molecule has 4 nitrogen and oxygen atoms in total. The van der Waals surface area contributed by atoms with Crippen molar-refractivity contribution in [2.75, 3.05) is 39.9 Å². The van der Waals surface area contributed by atoms with Gasteiger partial charge in [-0.05, 0) is 39.2 Å². The molecule has 0 saturated carbocycles. The monoisotopic (exact) mass is 286 g/mol. The van der Waals surface area contributed by atoms with Gasteiger partial charge in [-0.25, -0.2) is 0 Å². The summed E-state index contributed by atoms with van der Waals surface area (Å²) in [6.45, 7) is 13.9. The Hall–Kier alpha value is -0.160. The molecule has 2 unspecified atom stereocenters. The molecule has 1 aliphatic rings. The summed E-state index contributed by atoms with van der Waals surface area (Å²) in [5.41, 5.74) is 0. The summed E-state index contributed by atoms with van der Waals surface area (Å²) in [7, 11) is 1.76. The fourth-order valence-corrected chi connectivity index (χ4v) is 2.63. The topological polar surface area (TPSA) is 33.7 Å². The second-order valence-electron chi connectivity index (χ2n) is 6.59. The molecule has 2 atom stereocenters. The van der Waals surface area contributed by atoms with Crippen LogP contribution in [0.5, 0.6) is 0 Å². The number of hydrogen-bond acceptors (Lipinski definition) is 4. The Morgan fingerprint density at radius 2 is 1.90 bits per heavy atom. The summed E-state index contributed by atoms with van der Waals surface area (Å²) in [4.78, 5) is 2.46. The lowest BCUT2D eigenvalue weighted by atomic mass is 10.1. The smallest absolute Gasteiger partial charge is 0.0707 e. The van der Waals surface area contributed by atoms with Crippen molar-refractivity contribution < 1.29 is 9.47 Å². The van der Waals surface area contributed by atoms with E-state index >= 15 is 0 Å². The Balaban J connectivity index is 2.24. The number of nitrogens with one attached hydrogen (secondary N) is 1. The number of ether oxygens (including phenoxy) is 2. The highest BCUT2D eigenvalue weighted by Gasteiger charge is 2.27. The average molecular weight is 286 g/mol. The summed E-state index contributed by atoms with van der Waals surface area (Å²) in [5, 5.41) is 3.50. The molecule has 120 valence electrons. The van der Waals surface area contributed by atoms with Gasteiger partial charge in [-0.3, -0.25) is 4.90 Å². The summed E-state index contributed by atoms with van der Waals surface area (Å²) in [6, 6.07) is 0.548. The largest absolute Gasteiger partial charge is 0.383 e. The van der Waals surface area contributed by atoms with E-state index in [1.807, 2.05) is 0 Å². The Labute approximate surface area is 125 Å². The van der Waals surface area contributed by atoms with Crippen molar-refractivity contribution in [3.63, 3.8) is 0 Å². The summed E-state index contributed by atoms with van der Waals surface area (Å²) < 4.78 is 11.3. The van der Waals surface area contributed by atoms with E-state index in [0.29, 0.717) is 24.2 Å². The fourth-order valence-electron chi connectivity index (χ4n) is 2.63. The van der Waals surface area contributed by atoms with Crippen molar-refractivity contribution in [1.82, 2.24) is 10.2 Å². The van der Waals surface area contributed by atoms with Gasteiger partial charge in [-0.1, -0.05) is 13.8 Å². The Morgan fingerprint density at radius 1 is 1.20 bits per heavy atom. The van der Waals surface area contributed by atoms with Gasteiger partial charge in [0.15, 0.2) is 0 Å². The molecule has 0 aromatic carbocycles. The van der Waals surface area contributed by atoms with Crippen LogP contribution in [-0.2, 0) is 9.47 Å². The average Bonchev–Trinajstić information content (AvgIpc) is 2.81. The number of hydrogen-bond donors (Lipinski definition) is 1. The molecule has 1 rings (SSSR count). The SMILES string of the molecule is COCCN(CC1CCC(CNCC(C)C)O1)C(C)C. The lowest BCUT2D eigenvalue weighted by Gasteiger charge is -2.29. The van der Waals surface area contributed by atoms with Crippen LogP contribution in [0.15, 0.2) is 0 Å². The van der Waals surface area contributed by atoms with E-state index in [1.165, 1.54) is 12.8 Å². The van der Waals surface area contributed by atoms with Gasteiger partial charge in [-0.2, -0.15) is 0 Å². The fraction of sp³-hybridized carbons (Fsp3) is 1.00. The third-order valence-electron chi connectivity index (χ3n) is 3.87. The quantitative estimate of drug-likeness (QED) is 0.667. The van der Waals surface area contributed by atoms with E-state index in [-0.39, 0.29) is 0 Å². The van der Waals surface area contributed by atoms with Crippen LogP contribution in [-0.4, -0.2) is 63.0 Å². The minimum absolute atomic E-state index is 0.389. The van der Waals surface area contributed by atoms with Crippen LogP contribution in [0.25, 0.3) is 0 Å². The first-order valence-electron chi connectivity index (χ1n) is 8.12. The van der Waals surface area contributed by atoms with Crippen LogP contribution in [0.3, 0.4) is 0 Å². The predicted molar refractivity (Wildman–Crippen MR) is 84.2 cm³/mol. The van der Waals surface area contributed by atoms with Gasteiger partial charge in [0.1, 0.15) is 0 Å². The predicted octanol–water partition coefficient (Wildman–Crippen LogP) is 2.14. The van der Waals surface area contributed by atoms with E-state index in [1.54, 1.807) is 7.11 Å². The first-order valence-corrected chi connectivity index (χ1v) is 8.12. The van der Waals surface area contributed by atoms with Gasteiger partial charge in [-0.15, -0.1) is 0 Å². The maximum absolute atomic E-state index is 6.16. The van der Waals surface area contributed by atoms with Gasteiger partial charge in [0, 0.05) is 32.8 Å². The van der Waals surface area contributed by atoms with Crippen LogP contribution >= 0.6 is 0 Å². The van der Waals surface area contributed by atoms with Crippen LogP contribution in [0.4, 0.5) is 0 Å². The zero-order chi connectivity index (χ0) is 15.0. The van der Waals surface area contributed by atoms with Crippen LogP contribution < -0.4 is 5.32 Å². The molecule has 0 radical (unpaired) electrons. The van der Waals surface area contributed by atoms with Gasteiger partial charge in [0.2, 0.25) is 0 Å². The van der Waals surface area contributed by atoms with E-state index in [2.05, 4.69) is 37.9 Å². The molecule has 0 spiro atoms. The second-order valence-corrected chi connectivity index (χ2v) is 6.59. The van der Waals surface area contributed by atoms with Crippen molar-refractivity contribution in [3.8, 4) is 0 Å². The molecular formula is C16H34N2O2. The molecule has 1 fully saturated rings. The van der Waals surface area contributed by atoms with Gasteiger partial charge < -0.3 is 14.8 Å². The van der Waals surface area contributed by atoms with Gasteiger partial charge >= 0.3 is 0 Å². The molecule has 1 N–H and O–H groups in total. The highest BCUT2D eigenvalue weighted by molar-refractivity contribution is 4.79. The Morgan fingerprint density at radius 3 is 2.50 bits per heavy atom. The molecule has 4 heteroatoms. The lowest BCUT2D eigenvalue weighted by molar-refractivity contribution is 0.0116. The molecule has 1 heterocycles. The lowest BCUT2D eigenvalue weighted by Crippen LogP contribution is -2.40. The summed E-state index contributed by atoms with van der Waals surface area (Å²) in [6.07, 6.45) is 3.16. The van der Waals surface area contributed by atoms with E-state index in [9.17, 15) is 0 Å². The molecular weight excluding hydrogens is 252 g/mol. The minimum atomic E-state index is 0.389. The number of rotatable bonds is 10. The second kappa shape index (κ2) is 9.72. The number of methoxy groups -OCH3 is 1. The molecule has 1 saturated heterocycles.